The van der Waals surface area contributed by atoms with Gasteiger partial charge in [-0.15, -0.1) is 11.6 Å². The Hall–Kier alpha value is -1.84. The van der Waals surface area contributed by atoms with Crippen LogP contribution in [0.3, 0.4) is 0 Å². The van der Waals surface area contributed by atoms with Gasteiger partial charge < -0.3 is 5.11 Å². The first kappa shape index (κ1) is 13.2. The van der Waals surface area contributed by atoms with Gasteiger partial charge in [0.2, 0.25) is 0 Å². The van der Waals surface area contributed by atoms with E-state index in [0.717, 1.165) is 22.2 Å². The SMILES string of the molecule is Oc1ccc(-c2nc(CCl)nc3ccc(Cl)cc23)cc1. The van der Waals surface area contributed by atoms with Crippen molar-refractivity contribution in [1.29, 1.82) is 0 Å². The monoisotopic (exact) mass is 304 g/mol. The summed E-state index contributed by atoms with van der Waals surface area (Å²) in [6.45, 7) is 0. The predicted octanol–water partition coefficient (Wildman–Crippen LogP) is 4.39. The summed E-state index contributed by atoms with van der Waals surface area (Å²) in [7, 11) is 0. The minimum Gasteiger partial charge on any atom is -0.508 e. The minimum absolute atomic E-state index is 0.211. The van der Waals surface area contributed by atoms with Crippen LogP contribution < -0.4 is 0 Å². The first-order valence-corrected chi connectivity index (χ1v) is 6.90. The largest absolute Gasteiger partial charge is 0.508 e. The van der Waals surface area contributed by atoms with E-state index in [1.165, 1.54) is 0 Å². The molecule has 2 aromatic carbocycles. The molecule has 0 aliphatic rings. The highest BCUT2D eigenvalue weighted by atomic mass is 35.5. The molecule has 1 N–H and O–H groups in total. The quantitative estimate of drug-likeness (QED) is 0.714. The van der Waals surface area contributed by atoms with Gasteiger partial charge in [-0.05, 0) is 42.5 Å². The number of aromatic nitrogens is 2. The van der Waals surface area contributed by atoms with Crippen molar-refractivity contribution in [3.63, 3.8) is 0 Å². The van der Waals surface area contributed by atoms with Gasteiger partial charge in [-0.3, -0.25) is 0 Å². The lowest BCUT2D eigenvalue weighted by Gasteiger charge is -2.08. The van der Waals surface area contributed by atoms with Crippen LogP contribution in [0.5, 0.6) is 5.75 Å². The van der Waals surface area contributed by atoms with Crippen LogP contribution in [0, 0.1) is 0 Å². The second-order valence-electron chi connectivity index (χ2n) is 4.33. The van der Waals surface area contributed by atoms with Gasteiger partial charge >= 0.3 is 0 Å². The molecule has 0 spiro atoms. The van der Waals surface area contributed by atoms with Crippen molar-refractivity contribution in [3.05, 3.63) is 53.3 Å². The molecule has 0 saturated heterocycles. The second-order valence-corrected chi connectivity index (χ2v) is 5.03. The van der Waals surface area contributed by atoms with E-state index in [9.17, 15) is 5.11 Å². The molecule has 100 valence electrons. The van der Waals surface area contributed by atoms with Gasteiger partial charge in [-0.1, -0.05) is 11.6 Å². The van der Waals surface area contributed by atoms with E-state index < -0.39 is 0 Å². The summed E-state index contributed by atoms with van der Waals surface area (Å²) in [4.78, 5) is 8.86. The van der Waals surface area contributed by atoms with Gasteiger partial charge in [0.1, 0.15) is 11.6 Å². The summed E-state index contributed by atoms with van der Waals surface area (Å²) in [5.41, 5.74) is 2.43. The number of phenols is 1. The normalized spacial score (nSPS) is 10.9. The molecule has 3 aromatic rings. The maximum atomic E-state index is 9.39. The Morgan fingerprint density at radius 3 is 2.45 bits per heavy atom. The van der Waals surface area contributed by atoms with Crippen LogP contribution in [-0.2, 0) is 5.88 Å². The molecule has 0 unspecified atom stereocenters. The molecule has 0 atom stereocenters. The molecule has 20 heavy (non-hydrogen) atoms. The van der Waals surface area contributed by atoms with Crippen LogP contribution in [0.25, 0.3) is 22.2 Å². The fourth-order valence-corrected chi connectivity index (χ4v) is 2.34. The number of aromatic hydroxyl groups is 1. The summed E-state index contributed by atoms with van der Waals surface area (Å²) in [5, 5.41) is 10.9. The van der Waals surface area contributed by atoms with E-state index in [1.54, 1.807) is 30.3 Å². The van der Waals surface area contributed by atoms with Crippen molar-refractivity contribution in [2.75, 3.05) is 0 Å². The maximum absolute atomic E-state index is 9.39. The number of nitrogens with zero attached hydrogens (tertiary/aromatic N) is 2. The van der Waals surface area contributed by atoms with E-state index in [2.05, 4.69) is 9.97 Å². The molecule has 1 aromatic heterocycles. The summed E-state index contributed by atoms with van der Waals surface area (Å²) in [5.74, 6) is 1.01. The van der Waals surface area contributed by atoms with Crippen molar-refractivity contribution in [2.45, 2.75) is 5.88 Å². The van der Waals surface area contributed by atoms with Crippen molar-refractivity contribution >= 4 is 34.1 Å². The van der Waals surface area contributed by atoms with Gasteiger partial charge in [0, 0.05) is 16.0 Å². The molecule has 0 radical (unpaired) electrons. The molecule has 0 amide bonds. The first-order chi connectivity index (χ1) is 9.67. The molecule has 3 nitrogen and oxygen atoms in total. The van der Waals surface area contributed by atoms with Crippen molar-refractivity contribution < 1.29 is 5.11 Å². The highest BCUT2D eigenvalue weighted by Crippen LogP contribution is 2.29. The lowest BCUT2D eigenvalue weighted by Crippen LogP contribution is -1.96. The number of hydrogen-bond acceptors (Lipinski definition) is 3. The van der Waals surface area contributed by atoms with Crippen LogP contribution in [0.2, 0.25) is 5.02 Å². The van der Waals surface area contributed by atoms with Gasteiger partial charge in [0.25, 0.3) is 0 Å². The standard InChI is InChI=1S/C15H10Cl2N2O/c16-8-14-18-13-6-3-10(17)7-12(13)15(19-14)9-1-4-11(20)5-2-9/h1-7,20H,8H2. The molecule has 0 fully saturated rings. The van der Waals surface area contributed by atoms with Gasteiger partial charge in [0.05, 0.1) is 17.1 Å². The van der Waals surface area contributed by atoms with Gasteiger partial charge in [-0.25, -0.2) is 9.97 Å². The van der Waals surface area contributed by atoms with Crippen LogP contribution in [0.15, 0.2) is 42.5 Å². The van der Waals surface area contributed by atoms with Crippen LogP contribution in [-0.4, -0.2) is 15.1 Å². The lowest BCUT2D eigenvalue weighted by molar-refractivity contribution is 0.475. The van der Waals surface area contributed by atoms with E-state index in [-0.39, 0.29) is 11.6 Å². The topological polar surface area (TPSA) is 46.0 Å². The number of fused-ring (bicyclic) bond motifs is 1. The third kappa shape index (κ3) is 2.42. The molecular formula is C15H10Cl2N2O. The lowest BCUT2D eigenvalue weighted by atomic mass is 10.1. The zero-order chi connectivity index (χ0) is 14.1. The zero-order valence-electron chi connectivity index (χ0n) is 10.3. The molecule has 3 rings (SSSR count). The summed E-state index contributed by atoms with van der Waals surface area (Å²) in [6, 6.07) is 12.3. The van der Waals surface area contributed by atoms with E-state index >= 15 is 0 Å². The Balaban J connectivity index is 2.31. The molecule has 0 saturated carbocycles. The molecular weight excluding hydrogens is 295 g/mol. The number of alkyl halides is 1. The number of rotatable bonds is 2. The highest BCUT2D eigenvalue weighted by molar-refractivity contribution is 6.31. The number of hydrogen-bond donors (Lipinski definition) is 1. The minimum atomic E-state index is 0.211. The third-order valence-electron chi connectivity index (χ3n) is 2.96. The number of halogens is 2. The van der Waals surface area contributed by atoms with E-state index in [0.29, 0.717) is 10.8 Å². The highest BCUT2D eigenvalue weighted by Gasteiger charge is 2.10. The van der Waals surface area contributed by atoms with Crippen molar-refractivity contribution in [2.24, 2.45) is 0 Å². The summed E-state index contributed by atoms with van der Waals surface area (Å²) < 4.78 is 0. The van der Waals surface area contributed by atoms with Crippen LogP contribution >= 0.6 is 23.2 Å². The molecule has 5 heteroatoms. The molecule has 0 aliphatic carbocycles. The smallest absolute Gasteiger partial charge is 0.144 e. The Labute approximate surface area is 125 Å². The fourth-order valence-electron chi connectivity index (χ4n) is 2.05. The predicted molar refractivity (Wildman–Crippen MR) is 81.2 cm³/mol. The Kier molecular flexibility index (Phi) is 3.47. The third-order valence-corrected chi connectivity index (χ3v) is 3.44. The second kappa shape index (κ2) is 5.27. The Morgan fingerprint density at radius 2 is 1.75 bits per heavy atom. The maximum Gasteiger partial charge on any atom is 0.144 e. The molecule has 0 bridgehead atoms. The van der Waals surface area contributed by atoms with Crippen molar-refractivity contribution in [1.82, 2.24) is 9.97 Å². The van der Waals surface area contributed by atoms with Gasteiger partial charge in [-0.2, -0.15) is 0 Å². The first-order valence-electron chi connectivity index (χ1n) is 5.99. The van der Waals surface area contributed by atoms with Gasteiger partial charge in [0.15, 0.2) is 0 Å². The zero-order valence-corrected chi connectivity index (χ0v) is 11.9. The van der Waals surface area contributed by atoms with Crippen molar-refractivity contribution in [3.8, 4) is 17.0 Å². The fraction of sp³-hybridized carbons (Fsp3) is 0.0667. The summed E-state index contributed by atoms with van der Waals surface area (Å²) >= 11 is 11.9. The van der Waals surface area contributed by atoms with E-state index in [1.807, 2.05) is 12.1 Å². The van der Waals surface area contributed by atoms with Crippen LogP contribution in [0.4, 0.5) is 0 Å². The average molecular weight is 305 g/mol. The molecule has 0 aliphatic heterocycles. The average Bonchev–Trinajstić information content (AvgIpc) is 2.47. The Bertz CT molecular complexity index is 773. The number of benzene rings is 2. The summed E-state index contributed by atoms with van der Waals surface area (Å²) in [6.07, 6.45) is 0. The van der Waals surface area contributed by atoms with E-state index in [4.69, 9.17) is 23.2 Å². The Morgan fingerprint density at radius 1 is 1.00 bits per heavy atom. The molecule has 1 heterocycles. The van der Waals surface area contributed by atoms with Crippen LogP contribution in [0.1, 0.15) is 5.82 Å². The number of phenolic OH excluding ortho intramolecular Hbond substituents is 1.